The van der Waals surface area contributed by atoms with E-state index in [2.05, 4.69) is 21.2 Å². The van der Waals surface area contributed by atoms with Crippen molar-refractivity contribution >= 4 is 39.1 Å². The van der Waals surface area contributed by atoms with Crippen molar-refractivity contribution in [3.8, 4) is 0 Å². The Morgan fingerprint density at radius 3 is 2.72 bits per heavy atom. The van der Waals surface area contributed by atoms with Crippen LogP contribution in [0.1, 0.15) is 36.0 Å². The van der Waals surface area contributed by atoms with E-state index in [1.54, 1.807) is 11.4 Å². The number of rotatable bonds is 3. The lowest BCUT2D eigenvalue weighted by Gasteiger charge is -2.29. The first-order valence-corrected chi connectivity index (χ1v) is 7.53. The van der Waals surface area contributed by atoms with Crippen molar-refractivity contribution in [3.63, 3.8) is 0 Å². The largest absolute Gasteiger partial charge is 0.481 e. The molecule has 0 bridgehead atoms. The van der Waals surface area contributed by atoms with Crippen molar-refractivity contribution in [3.05, 3.63) is 20.8 Å². The number of carbonyl (C=O) groups excluding carboxylic acids is 1. The van der Waals surface area contributed by atoms with Gasteiger partial charge in [0.25, 0.3) is 5.91 Å². The number of thiophene rings is 1. The van der Waals surface area contributed by atoms with Gasteiger partial charge in [0, 0.05) is 11.4 Å². The molecule has 1 aliphatic rings. The maximum atomic E-state index is 12.0. The van der Waals surface area contributed by atoms with Gasteiger partial charge in [-0.1, -0.05) is 12.8 Å². The molecule has 1 saturated carbocycles. The second-order valence-electron chi connectivity index (χ2n) is 4.45. The van der Waals surface area contributed by atoms with Crippen molar-refractivity contribution in [2.75, 3.05) is 0 Å². The number of amides is 1. The average molecular weight is 332 g/mol. The van der Waals surface area contributed by atoms with Gasteiger partial charge in [-0.3, -0.25) is 9.59 Å². The van der Waals surface area contributed by atoms with Crippen LogP contribution in [0.4, 0.5) is 0 Å². The minimum Gasteiger partial charge on any atom is -0.481 e. The van der Waals surface area contributed by atoms with Crippen LogP contribution in [0.25, 0.3) is 0 Å². The van der Waals surface area contributed by atoms with Gasteiger partial charge in [0.05, 0.1) is 15.3 Å². The molecule has 1 heterocycles. The Labute approximate surface area is 118 Å². The molecule has 2 unspecified atom stereocenters. The number of carboxylic acid groups (broad SMARTS) is 1. The third-order valence-corrected chi connectivity index (χ3v) is 4.73. The molecule has 18 heavy (non-hydrogen) atoms. The smallest absolute Gasteiger partial charge is 0.308 e. The summed E-state index contributed by atoms with van der Waals surface area (Å²) >= 11 is 4.75. The maximum absolute atomic E-state index is 12.0. The van der Waals surface area contributed by atoms with Gasteiger partial charge < -0.3 is 10.4 Å². The molecule has 2 atom stereocenters. The van der Waals surface area contributed by atoms with E-state index in [1.165, 1.54) is 11.3 Å². The molecule has 0 aromatic carbocycles. The zero-order chi connectivity index (χ0) is 13.1. The molecule has 0 aliphatic heterocycles. The van der Waals surface area contributed by atoms with Gasteiger partial charge in [0.1, 0.15) is 0 Å². The van der Waals surface area contributed by atoms with Crippen LogP contribution in [0, 0.1) is 5.92 Å². The van der Waals surface area contributed by atoms with Crippen LogP contribution in [0.15, 0.2) is 15.2 Å². The lowest BCUT2D eigenvalue weighted by Crippen LogP contribution is -2.45. The summed E-state index contributed by atoms with van der Waals surface area (Å²) in [5.41, 5.74) is 0.585. The van der Waals surface area contributed by atoms with Crippen LogP contribution in [0.5, 0.6) is 0 Å². The second kappa shape index (κ2) is 5.84. The van der Waals surface area contributed by atoms with Crippen molar-refractivity contribution < 1.29 is 14.7 Å². The van der Waals surface area contributed by atoms with Gasteiger partial charge in [-0.2, -0.15) is 0 Å². The first kappa shape index (κ1) is 13.5. The number of carbonyl (C=O) groups is 2. The Hall–Kier alpha value is -0.880. The molecule has 6 heteroatoms. The number of hydrogen-bond acceptors (Lipinski definition) is 3. The van der Waals surface area contributed by atoms with Gasteiger partial charge in [-0.05, 0) is 34.8 Å². The minimum absolute atomic E-state index is 0.185. The summed E-state index contributed by atoms with van der Waals surface area (Å²) in [6.07, 6.45) is 3.29. The Morgan fingerprint density at radius 1 is 1.39 bits per heavy atom. The van der Waals surface area contributed by atoms with Crippen LogP contribution in [0.3, 0.4) is 0 Å². The van der Waals surface area contributed by atoms with Crippen LogP contribution in [0.2, 0.25) is 0 Å². The SMILES string of the molecule is O=C(NC1CCCCC1C(=O)O)c1csc(Br)c1. The van der Waals surface area contributed by atoms with E-state index >= 15 is 0 Å². The first-order chi connectivity index (χ1) is 8.58. The Kier molecular flexibility index (Phi) is 4.40. The van der Waals surface area contributed by atoms with E-state index in [-0.39, 0.29) is 11.9 Å². The molecule has 2 N–H and O–H groups in total. The highest BCUT2D eigenvalue weighted by atomic mass is 79.9. The van der Waals surface area contributed by atoms with Gasteiger partial charge in [0.2, 0.25) is 0 Å². The summed E-state index contributed by atoms with van der Waals surface area (Å²) in [7, 11) is 0. The molecular formula is C12H14BrNO3S. The molecule has 1 aliphatic carbocycles. The molecule has 0 spiro atoms. The molecule has 1 aromatic heterocycles. The Bertz CT molecular complexity index is 460. The zero-order valence-corrected chi connectivity index (χ0v) is 12.1. The first-order valence-electron chi connectivity index (χ1n) is 5.85. The fourth-order valence-electron chi connectivity index (χ4n) is 2.28. The number of halogens is 1. The summed E-state index contributed by atoms with van der Waals surface area (Å²) in [4.78, 5) is 23.1. The molecule has 1 amide bonds. The number of nitrogens with one attached hydrogen (secondary N) is 1. The van der Waals surface area contributed by atoms with Gasteiger partial charge in [-0.15, -0.1) is 11.3 Å². The highest BCUT2D eigenvalue weighted by Crippen LogP contribution is 2.26. The molecule has 0 radical (unpaired) electrons. The van der Waals surface area contributed by atoms with Gasteiger partial charge in [0.15, 0.2) is 0 Å². The third-order valence-electron chi connectivity index (χ3n) is 3.23. The van der Waals surface area contributed by atoms with Crippen molar-refractivity contribution in [1.82, 2.24) is 5.32 Å². The van der Waals surface area contributed by atoms with Crippen LogP contribution in [-0.4, -0.2) is 23.0 Å². The van der Waals surface area contributed by atoms with Crippen molar-refractivity contribution in [2.24, 2.45) is 5.92 Å². The molecule has 1 fully saturated rings. The number of hydrogen-bond donors (Lipinski definition) is 2. The standard InChI is InChI=1S/C12H14BrNO3S/c13-10-5-7(6-18-10)11(15)14-9-4-2-1-3-8(9)12(16)17/h5-6,8-9H,1-4H2,(H,14,15)(H,16,17). The van der Waals surface area contributed by atoms with Crippen LogP contribution in [-0.2, 0) is 4.79 Å². The monoisotopic (exact) mass is 331 g/mol. The van der Waals surface area contributed by atoms with Crippen LogP contribution >= 0.6 is 27.3 Å². The van der Waals surface area contributed by atoms with E-state index in [1.807, 2.05) is 0 Å². The van der Waals surface area contributed by atoms with Crippen molar-refractivity contribution in [2.45, 2.75) is 31.7 Å². The van der Waals surface area contributed by atoms with E-state index < -0.39 is 11.9 Å². The van der Waals surface area contributed by atoms with Crippen molar-refractivity contribution in [1.29, 1.82) is 0 Å². The fraction of sp³-hybridized carbons (Fsp3) is 0.500. The molecular weight excluding hydrogens is 318 g/mol. The highest BCUT2D eigenvalue weighted by molar-refractivity contribution is 9.11. The predicted molar refractivity (Wildman–Crippen MR) is 72.9 cm³/mol. The Morgan fingerprint density at radius 2 is 2.11 bits per heavy atom. The predicted octanol–water partition coefficient (Wildman–Crippen LogP) is 2.88. The summed E-state index contributed by atoms with van der Waals surface area (Å²) < 4.78 is 0.895. The fourth-order valence-corrected chi connectivity index (χ4v) is 3.42. The number of aliphatic carboxylic acids is 1. The van der Waals surface area contributed by atoms with E-state index in [9.17, 15) is 9.59 Å². The lowest BCUT2D eigenvalue weighted by atomic mass is 9.84. The van der Waals surface area contributed by atoms with E-state index in [0.717, 1.165) is 23.0 Å². The normalized spacial score (nSPS) is 23.6. The molecule has 4 nitrogen and oxygen atoms in total. The quantitative estimate of drug-likeness (QED) is 0.894. The summed E-state index contributed by atoms with van der Waals surface area (Å²) in [5, 5.41) is 13.7. The summed E-state index contributed by atoms with van der Waals surface area (Å²) in [6, 6.07) is 1.50. The summed E-state index contributed by atoms with van der Waals surface area (Å²) in [5.74, 6) is -1.45. The van der Waals surface area contributed by atoms with Gasteiger partial charge in [-0.25, -0.2) is 0 Å². The Balaban J connectivity index is 2.03. The molecule has 0 saturated heterocycles. The topological polar surface area (TPSA) is 66.4 Å². The molecule has 2 rings (SSSR count). The maximum Gasteiger partial charge on any atom is 0.308 e. The second-order valence-corrected chi connectivity index (χ2v) is 6.74. The molecule has 98 valence electrons. The minimum atomic E-state index is -0.813. The average Bonchev–Trinajstić information content (AvgIpc) is 2.76. The third kappa shape index (κ3) is 3.11. The van der Waals surface area contributed by atoms with Gasteiger partial charge >= 0.3 is 5.97 Å². The van der Waals surface area contributed by atoms with E-state index in [4.69, 9.17) is 5.11 Å². The molecule has 1 aromatic rings. The highest BCUT2D eigenvalue weighted by Gasteiger charge is 2.32. The van der Waals surface area contributed by atoms with Crippen LogP contribution < -0.4 is 5.32 Å². The van der Waals surface area contributed by atoms with E-state index in [0.29, 0.717) is 12.0 Å². The lowest BCUT2D eigenvalue weighted by molar-refractivity contribution is -0.143. The number of carboxylic acids is 1. The summed E-state index contributed by atoms with van der Waals surface area (Å²) in [6.45, 7) is 0. The zero-order valence-electron chi connectivity index (χ0n) is 9.69.